The van der Waals surface area contributed by atoms with E-state index >= 15 is 0 Å². The predicted octanol–water partition coefficient (Wildman–Crippen LogP) is 5.09. The van der Waals surface area contributed by atoms with Gasteiger partial charge >= 0.3 is 0 Å². The Bertz CT molecular complexity index is 1710. The number of alkyl halides is 1. The van der Waals surface area contributed by atoms with Crippen LogP contribution in [0.1, 0.15) is 34.3 Å². The summed E-state index contributed by atoms with van der Waals surface area (Å²) in [7, 11) is 0. The second kappa shape index (κ2) is 10.9. The number of benzene rings is 2. The number of fused-ring (bicyclic) bond motifs is 1. The van der Waals surface area contributed by atoms with Gasteiger partial charge in [-0.15, -0.1) is 0 Å². The van der Waals surface area contributed by atoms with Crippen molar-refractivity contribution in [1.29, 1.82) is 0 Å². The smallest absolute Gasteiger partial charge is 0.258 e. The maximum Gasteiger partial charge on any atom is 0.258 e. The Morgan fingerprint density at radius 1 is 1.02 bits per heavy atom. The van der Waals surface area contributed by atoms with Gasteiger partial charge in [-0.2, -0.15) is 5.10 Å². The first-order valence-corrected chi connectivity index (χ1v) is 13.2. The van der Waals surface area contributed by atoms with Crippen LogP contribution < -0.4 is 10.9 Å². The number of aromatic nitrogens is 4. The number of rotatable bonds is 7. The summed E-state index contributed by atoms with van der Waals surface area (Å²) < 4.78 is 28.2. The van der Waals surface area contributed by atoms with Crippen LogP contribution in [0.5, 0.6) is 0 Å². The van der Waals surface area contributed by atoms with E-state index in [1.165, 1.54) is 24.5 Å². The lowest BCUT2D eigenvalue weighted by Crippen LogP contribution is -2.33. The minimum atomic E-state index is -0.699. The Hall–Kier alpha value is -4.57. The number of carbonyl (C=O) groups is 1. The number of nitrogens with zero attached hydrogens (tertiary/aromatic N) is 3. The summed E-state index contributed by atoms with van der Waals surface area (Å²) in [5.41, 5.74) is 4.40. The first-order valence-electron chi connectivity index (χ1n) is 13.2. The average molecular weight is 543 g/mol. The number of carbonyl (C=O) groups excluding carboxylic acids is 1. The molecule has 1 aliphatic rings. The van der Waals surface area contributed by atoms with Crippen molar-refractivity contribution >= 4 is 22.5 Å². The summed E-state index contributed by atoms with van der Waals surface area (Å²) >= 11 is 0. The van der Waals surface area contributed by atoms with Gasteiger partial charge in [0.15, 0.2) is 0 Å². The molecule has 6 rings (SSSR count). The molecule has 4 heterocycles. The molecular formula is C30H28F2N6O2. The third-order valence-electron chi connectivity index (χ3n) is 7.21. The third-order valence-corrected chi connectivity index (χ3v) is 7.21. The first kappa shape index (κ1) is 25.7. The van der Waals surface area contributed by atoms with Gasteiger partial charge < -0.3 is 15.3 Å². The fraction of sp³-hybridized carbons (Fsp3) is 0.233. The van der Waals surface area contributed by atoms with Crippen LogP contribution in [0.3, 0.4) is 0 Å². The number of piperidine rings is 1. The highest BCUT2D eigenvalue weighted by atomic mass is 19.1. The number of likely N-dealkylation sites (tertiary alicyclic amines) is 1. The van der Waals surface area contributed by atoms with Crippen LogP contribution in [-0.2, 0) is 13.1 Å². The van der Waals surface area contributed by atoms with Crippen molar-refractivity contribution in [3.8, 4) is 11.3 Å². The Balaban J connectivity index is 1.16. The summed E-state index contributed by atoms with van der Waals surface area (Å²) in [6.45, 7) is 2.65. The molecule has 3 aromatic heterocycles. The minimum Gasteiger partial charge on any atom is -0.354 e. The Morgan fingerprint density at radius 3 is 2.60 bits per heavy atom. The molecule has 0 saturated carbocycles. The zero-order chi connectivity index (χ0) is 27.6. The van der Waals surface area contributed by atoms with Crippen molar-refractivity contribution in [2.24, 2.45) is 0 Å². The van der Waals surface area contributed by atoms with E-state index in [9.17, 15) is 18.4 Å². The quantitative estimate of drug-likeness (QED) is 0.267. The van der Waals surface area contributed by atoms with Crippen LogP contribution in [0.4, 0.5) is 14.5 Å². The van der Waals surface area contributed by atoms with Gasteiger partial charge in [0.2, 0.25) is 0 Å². The highest BCUT2D eigenvalue weighted by Crippen LogP contribution is 2.26. The maximum absolute atomic E-state index is 13.5. The molecule has 0 spiro atoms. The van der Waals surface area contributed by atoms with Gasteiger partial charge in [-0.05, 0) is 60.4 Å². The Labute approximate surface area is 228 Å². The van der Waals surface area contributed by atoms with E-state index in [0.29, 0.717) is 41.9 Å². The van der Waals surface area contributed by atoms with E-state index in [0.717, 1.165) is 41.7 Å². The van der Waals surface area contributed by atoms with E-state index in [1.54, 1.807) is 29.1 Å². The molecule has 0 atom stereocenters. The predicted molar refractivity (Wildman–Crippen MR) is 149 cm³/mol. The number of anilines is 1. The largest absolute Gasteiger partial charge is 0.354 e. The molecule has 0 unspecified atom stereocenters. The molecule has 3 N–H and O–H groups in total. The number of pyridine rings is 1. The number of nitrogens with one attached hydrogen (secondary N) is 3. The van der Waals surface area contributed by atoms with Gasteiger partial charge in [-0.1, -0.05) is 18.2 Å². The normalized spacial score (nSPS) is 14.6. The Kier molecular flexibility index (Phi) is 7.00. The summed E-state index contributed by atoms with van der Waals surface area (Å²) in [6.07, 6.45) is 4.97. The van der Waals surface area contributed by atoms with Crippen LogP contribution in [0.15, 0.2) is 78.0 Å². The number of halogens is 2. The number of aromatic amines is 2. The second-order valence-electron chi connectivity index (χ2n) is 10.2. The highest BCUT2D eigenvalue weighted by Gasteiger charge is 2.19. The van der Waals surface area contributed by atoms with E-state index in [2.05, 4.69) is 31.3 Å². The molecule has 10 heteroatoms. The number of amides is 1. The number of hydrogen-bond acceptors (Lipinski definition) is 4. The number of hydrogen-bond donors (Lipinski definition) is 3. The highest BCUT2D eigenvalue weighted by molar-refractivity contribution is 6.04. The average Bonchev–Trinajstić information content (AvgIpc) is 3.59. The molecule has 40 heavy (non-hydrogen) atoms. The molecule has 0 aliphatic carbocycles. The van der Waals surface area contributed by atoms with Gasteiger partial charge in [-0.3, -0.25) is 19.2 Å². The third kappa shape index (κ3) is 5.72. The molecule has 8 nitrogen and oxygen atoms in total. The van der Waals surface area contributed by atoms with Crippen molar-refractivity contribution in [1.82, 2.24) is 24.6 Å². The standard InChI is InChI=1S/C30H28F2N6O2/c31-23-4-1-19(2-5-23)17-38-18-22(14-34-38)29(39)35-25-13-26(30(40)33-15-25)28-12-21-11-20(3-6-27(21)36-28)16-37-9-7-24(32)8-10-37/h1-6,11-15,18,24,36H,7-10,16-17H2,(H,33,40)(H,35,39). The van der Waals surface area contributed by atoms with Crippen LogP contribution in [0.25, 0.3) is 22.2 Å². The molecule has 2 aromatic carbocycles. The topological polar surface area (TPSA) is 98.8 Å². The van der Waals surface area contributed by atoms with Gasteiger partial charge in [0.05, 0.1) is 35.2 Å². The van der Waals surface area contributed by atoms with E-state index in [1.807, 2.05) is 18.2 Å². The fourth-order valence-electron chi connectivity index (χ4n) is 5.05. The fourth-order valence-corrected chi connectivity index (χ4v) is 5.05. The first-order chi connectivity index (χ1) is 19.4. The lowest BCUT2D eigenvalue weighted by molar-refractivity contribution is 0.102. The molecule has 0 radical (unpaired) electrons. The zero-order valence-electron chi connectivity index (χ0n) is 21.7. The lowest BCUT2D eigenvalue weighted by Gasteiger charge is -2.28. The molecule has 0 bridgehead atoms. The minimum absolute atomic E-state index is 0.286. The molecule has 1 saturated heterocycles. The maximum atomic E-state index is 13.5. The van der Waals surface area contributed by atoms with Crippen LogP contribution >= 0.6 is 0 Å². The van der Waals surface area contributed by atoms with E-state index < -0.39 is 6.17 Å². The van der Waals surface area contributed by atoms with Crippen molar-refractivity contribution < 1.29 is 13.6 Å². The number of H-pyrrole nitrogens is 2. The lowest BCUT2D eigenvalue weighted by atomic mass is 10.1. The summed E-state index contributed by atoms with van der Waals surface area (Å²) in [5, 5.41) is 8.01. The monoisotopic (exact) mass is 542 g/mol. The Morgan fingerprint density at radius 2 is 1.80 bits per heavy atom. The molecule has 1 fully saturated rings. The van der Waals surface area contributed by atoms with E-state index in [4.69, 9.17) is 0 Å². The molecule has 5 aromatic rings. The van der Waals surface area contributed by atoms with Gasteiger partial charge in [0, 0.05) is 42.9 Å². The summed E-state index contributed by atoms with van der Waals surface area (Å²) in [6, 6.07) is 15.8. The molecular weight excluding hydrogens is 514 g/mol. The zero-order valence-corrected chi connectivity index (χ0v) is 21.7. The van der Waals surface area contributed by atoms with Crippen molar-refractivity contribution in [2.75, 3.05) is 18.4 Å². The van der Waals surface area contributed by atoms with Crippen LogP contribution in [0.2, 0.25) is 0 Å². The summed E-state index contributed by atoms with van der Waals surface area (Å²) in [4.78, 5) is 33.8. The molecule has 1 amide bonds. The van der Waals surface area contributed by atoms with Gasteiger partial charge in [0.1, 0.15) is 12.0 Å². The van der Waals surface area contributed by atoms with Crippen molar-refractivity contribution in [3.63, 3.8) is 0 Å². The molecule has 204 valence electrons. The second-order valence-corrected chi connectivity index (χ2v) is 10.2. The van der Waals surface area contributed by atoms with Gasteiger partial charge in [0.25, 0.3) is 11.5 Å². The SMILES string of the molecule is O=C(Nc1c[nH]c(=O)c(-c2cc3cc(CN4CCC(F)CC4)ccc3[nH]2)c1)c1cnn(Cc2ccc(F)cc2)c1. The summed E-state index contributed by atoms with van der Waals surface area (Å²) in [5.74, 6) is -0.686. The van der Waals surface area contributed by atoms with Crippen molar-refractivity contribution in [2.45, 2.75) is 32.1 Å². The van der Waals surface area contributed by atoms with Crippen LogP contribution in [-0.4, -0.2) is 49.8 Å². The van der Waals surface area contributed by atoms with Crippen molar-refractivity contribution in [3.05, 3.63) is 106 Å². The van der Waals surface area contributed by atoms with Gasteiger partial charge in [-0.25, -0.2) is 8.78 Å². The molecule has 1 aliphatic heterocycles. The van der Waals surface area contributed by atoms with E-state index in [-0.39, 0.29) is 17.3 Å². The van der Waals surface area contributed by atoms with Crippen LogP contribution in [0, 0.1) is 5.82 Å².